The first-order valence-corrected chi connectivity index (χ1v) is 8.14. The van der Waals surface area contributed by atoms with Crippen LogP contribution in [0.25, 0.3) is 0 Å². The molecule has 1 saturated carbocycles. The Kier molecular flexibility index (Phi) is 5.25. The predicted octanol–water partition coefficient (Wildman–Crippen LogP) is 3.43. The highest BCUT2D eigenvalue weighted by atomic mass is 35.5. The van der Waals surface area contributed by atoms with E-state index in [0.717, 1.165) is 5.56 Å². The second kappa shape index (κ2) is 6.73. The average Bonchev–Trinajstić information content (AvgIpc) is 2.86. The fourth-order valence-electron chi connectivity index (χ4n) is 2.60. The summed E-state index contributed by atoms with van der Waals surface area (Å²) >= 11 is 7.94. The molecule has 0 aromatic heterocycles. The van der Waals surface area contributed by atoms with Crippen molar-refractivity contribution in [2.24, 2.45) is 0 Å². The van der Waals surface area contributed by atoms with Gasteiger partial charge in [-0.1, -0.05) is 18.0 Å². The summed E-state index contributed by atoms with van der Waals surface area (Å²) in [5, 5.41) is 14.9. The first-order chi connectivity index (χ1) is 9.15. The van der Waals surface area contributed by atoms with Gasteiger partial charge < -0.3 is 15.2 Å². The molecule has 106 valence electrons. The van der Waals surface area contributed by atoms with E-state index in [1.165, 1.54) is 26.4 Å². The molecule has 1 aromatic rings. The van der Waals surface area contributed by atoms with Crippen LogP contribution >= 0.6 is 23.4 Å². The van der Waals surface area contributed by atoms with Crippen LogP contribution in [0.3, 0.4) is 0 Å². The minimum atomic E-state index is 0.179. The zero-order valence-corrected chi connectivity index (χ0v) is 12.9. The predicted molar refractivity (Wildman–Crippen MR) is 81.5 cm³/mol. The summed E-state index contributed by atoms with van der Waals surface area (Å²) in [6.45, 7) is 0.616. The van der Waals surface area contributed by atoms with E-state index >= 15 is 0 Å². The fraction of sp³-hybridized carbons (Fsp3) is 0.571. The van der Waals surface area contributed by atoms with Crippen LogP contribution in [0.1, 0.15) is 24.8 Å². The molecule has 1 aromatic carbocycles. The van der Waals surface area contributed by atoms with Crippen molar-refractivity contribution in [3.63, 3.8) is 0 Å². The molecule has 2 unspecified atom stereocenters. The number of ether oxygens (including phenoxy) is 1. The Hall–Kier alpha value is -0.580. The van der Waals surface area contributed by atoms with E-state index in [9.17, 15) is 5.11 Å². The quantitative estimate of drug-likeness (QED) is 0.874. The van der Waals surface area contributed by atoms with Gasteiger partial charge in [0.1, 0.15) is 0 Å². The number of hydrogen-bond donors (Lipinski definition) is 2. The van der Waals surface area contributed by atoms with E-state index < -0.39 is 0 Å². The number of hydrogen-bond acceptors (Lipinski definition) is 4. The summed E-state index contributed by atoms with van der Waals surface area (Å²) in [6, 6.07) is 3.93. The van der Waals surface area contributed by atoms with Gasteiger partial charge in [-0.15, -0.1) is 0 Å². The number of aromatic hydroxyl groups is 1. The summed E-state index contributed by atoms with van der Waals surface area (Å²) < 4.78 is 5.11. The molecule has 1 fully saturated rings. The standard InChI is InChI=1S/C14H20ClNO2S/c1-18-12-7-10(15)6-9(14(12)17)8-16-11-4-3-5-13(11)19-2/h6-7,11,13,16-17H,3-5,8H2,1-2H3. The number of phenols is 1. The molecule has 5 heteroatoms. The molecule has 0 saturated heterocycles. The minimum Gasteiger partial charge on any atom is -0.504 e. The lowest BCUT2D eigenvalue weighted by molar-refractivity contribution is 0.368. The average molecular weight is 302 g/mol. The number of methoxy groups -OCH3 is 1. The van der Waals surface area contributed by atoms with Gasteiger partial charge in [-0.05, 0) is 25.2 Å². The smallest absolute Gasteiger partial charge is 0.162 e. The van der Waals surface area contributed by atoms with Crippen LogP contribution in [0.2, 0.25) is 5.02 Å². The van der Waals surface area contributed by atoms with E-state index in [2.05, 4.69) is 11.6 Å². The van der Waals surface area contributed by atoms with Crippen molar-refractivity contribution < 1.29 is 9.84 Å². The van der Waals surface area contributed by atoms with Gasteiger partial charge in [-0.3, -0.25) is 0 Å². The van der Waals surface area contributed by atoms with E-state index in [1.807, 2.05) is 11.8 Å². The van der Waals surface area contributed by atoms with Gasteiger partial charge in [0.2, 0.25) is 0 Å². The van der Waals surface area contributed by atoms with Crippen LogP contribution in [-0.4, -0.2) is 29.8 Å². The highest BCUT2D eigenvalue weighted by molar-refractivity contribution is 7.99. The summed E-state index contributed by atoms with van der Waals surface area (Å²) in [7, 11) is 1.53. The minimum absolute atomic E-state index is 0.179. The van der Waals surface area contributed by atoms with Crippen LogP contribution in [0, 0.1) is 0 Å². The number of thioether (sulfide) groups is 1. The second-order valence-corrected chi connectivity index (χ2v) is 6.32. The molecule has 0 radical (unpaired) electrons. The fourth-order valence-corrected chi connectivity index (χ4v) is 3.80. The normalized spacial score (nSPS) is 22.7. The first-order valence-electron chi connectivity index (χ1n) is 6.47. The van der Waals surface area contributed by atoms with Gasteiger partial charge in [0.15, 0.2) is 11.5 Å². The van der Waals surface area contributed by atoms with Crippen molar-refractivity contribution in [1.29, 1.82) is 0 Å². The molecule has 2 N–H and O–H groups in total. The molecule has 1 aliphatic rings. The second-order valence-electron chi connectivity index (χ2n) is 4.81. The van der Waals surface area contributed by atoms with Gasteiger partial charge in [0.05, 0.1) is 7.11 Å². The summed E-state index contributed by atoms with van der Waals surface area (Å²) in [4.78, 5) is 0. The molecule has 3 nitrogen and oxygen atoms in total. The van der Waals surface area contributed by atoms with Gasteiger partial charge in [0.25, 0.3) is 0 Å². The Morgan fingerprint density at radius 3 is 2.95 bits per heavy atom. The van der Waals surface area contributed by atoms with Crippen molar-refractivity contribution in [3.8, 4) is 11.5 Å². The van der Waals surface area contributed by atoms with Crippen LogP contribution in [0.15, 0.2) is 12.1 Å². The Morgan fingerprint density at radius 2 is 2.26 bits per heavy atom. The van der Waals surface area contributed by atoms with E-state index in [0.29, 0.717) is 28.6 Å². The number of halogens is 1. The van der Waals surface area contributed by atoms with Crippen molar-refractivity contribution >= 4 is 23.4 Å². The number of benzene rings is 1. The van der Waals surface area contributed by atoms with Gasteiger partial charge >= 0.3 is 0 Å². The van der Waals surface area contributed by atoms with Crippen molar-refractivity contribution in [1.82, 2.24) is 5.32 Å². The highest BCUT2D eigenvalue weighted by Crippen LogP contribution is 2.34. The first kappa shape index (κ1) is 14.8. The third kappa shape index (κ3) is 3.50. The molecule has 2 rings (SSSR count). The largest absolute Gasteiger partial charge is 0.504 e. The Morgan fingerprint density at radius 1 is 1.47 bits per heavy atom. The lowest BCUT2D eigenvalue weighted by Gasteiger charge is -2.20. The molecule has 0 aliphatic heterocycles. The maximum absolute atomic E-state index is 10.1. The topological polar surface area (TPSA) is 41.5 Å². The van der Waals surface area contributed by atoms with Gasteiger partial charge in [0, 0.05) is 34.5 Å². The molecular weight excluding hydrogens is 282 g/mol. The van der Waals surface area contributed by atoms with E-state index in [4.69, 9.17) is 16.3 Å². The lowest BCUT2D eigenvalue weighted by Crippen LogP contribution is -2.33. The van der Waals surface area contributed by atoms with Crippen LogP contribution in [-0.2, 0) is 6.54 Å². The van der Waals surface area contributed by atoms with Crippen LogP contribution < -0.4 is 10.1 Å². The molecule has 0 bridgehead atoms. The zero-order valence-electron chi connectivity index (χ0n) is 11.3. The Labute approximate surface area is 123 Å². The van der Waals surface area contributed by atoms with E-state index in [1.54, 1.807) is 12.1 Å². The third-order valence-corrected chi connectivity index (χ3v) is 5.04. The number of phenolic OH excluding ortho intramolecular Hbond substituents is 1. The molecule has 2 atom stereocenters. The maximum atomic E-state index is 10.1. The SMILES string of the molecule is COc1cc(Cl)cc(CNC2CCCC2SC)c1O. The molecule has 19 heavy (non-hydrogen) atoms. The van der Waals surface area contributed by atoms with Gasteiger partial charge in [-0.2, -0.15) is 11.8 Å². The molecule has 0 heterocycles. The Bertz CT molecular complexity index is 442. The summed E-state index contributed by atoms with van der Waals surface area (Å²) in [6.07, 6.45) is 5.90. The molecule has 0 spiro atoms. The summed E-state index contributed by atoms with van der Waals surface area (Å²) in [5.41, 5.74) is 0.788. The number of rotatable bonds is 5. The molecular formula is C14H20ClNO2S. The van der Waals surface area contributed by atoms with Crippen LogP contribution in [0.4, 0.5) is 0 Å². The Balaban J connectivity index is 2.05. The monoisotopic (exact) mass is 301 g/mol. The van der Waals surface area contributed by atoms with Crippen LogP contribution in [0.5, 0.6) is 11.5 Å². The lowest BCUT2D eigenvalue weighted by atomic mass is 10.1. The number of nitrogens with one attached hydrogen (secondary N) is 1. The van der Waals surface area contributed by atoms with Crippen molar-refractivity contribution in [2.45, 2.75) is 37.1 Å². The molecule has 0 amide bonds. The highest BCUT2D eigenvalue weighted by Gasteiger charge is 2.26. The maximum Gasteiger partial charge on any atom is 0.162 e. The van der Waals surface area contributed by atoms with E-state index in [-0.39, 0.29) is 5.75 Å². The van der Waals surface area contributed by atoms with Crippen molar-refractivity contribution in [2.75, 3.05) is 13.4 Å². The third-order valence-electron chi connectivity index (χ3n) is 3.65. The van der Waals surface area contributed by atoms with Crippen molar-refractivity contribution in [3.05, 3.63) is 22.7 Å². The van der Waals surface area contributed by atoms with Gasteiger partial charge in [-0.25, -0.2) is 0 Å². The summed E-state index contributed by atoms with van der Waals surface area (Å²) in [5.74, 6) is 0.607. The molecule has 1 aliphatic carbocycles. The zero-order chi connectivity index (χ0) is 13.8.